The van der Waals surface area contributed by atoms with Gasteiger partial charge in [-0.25, -0.2) is 14.4 Å². The SMILES string of the molecule is CCO/C(OC)=C1\C=CC=C(c2ccc3ncnc(Nc4ccc(OCc5cccc(F)c5)c(Cl)c4)c3c2)C1. The normalized spacial score (nSPS) is 14.1. The zero-order valence-corrected chi connectivity index (χ0v) is 22.3. The summed E-state index contributed by atoms with van der Waals surface area (Å²) in [6, 6.07) is 17.8. The smallest absolute Gasteiger partial charge is 0.282 e. The van der Waals surface area contributed by atoms with Crippen molar-refractivity contribution in [2.75, 3.05) is 19.0 Å². The van der Waals surface area contributed by atoms with Crippen LogP contribution in [-0.2, 0) is 16.1 Å². The molecule has 198 valence electrons. The molecule has 1 aromatic heterocycles. The first-order valence-electron chi connectivity index (χ1n) is 12.5. The lowest BCUT2D eigenvalue weighted by molar-refractivity contribution is 0.0654. The first-order chi connectivity index (χ1) is 19.0. The van der Waals surface area contributed by atoms with Crippen LogP contribution in [0, 0.1) is 5.82 Å². The van der Waals surface area contributed by atoms with Crippen LogP contribution in [0.2, 0.25) is 5.02 Å². The number of anilines is 2. The highest BCUT2D eigenvalue weighted by Crippen LogP contribution is 2.34. The zero-order valence-electron chi connectivity index (χ0n) is 21.6. The van der Waals surface area contributed by atoms with E-state index in [1.54, 1.807) is 31.4 Å². The van der Waals surface area contributed by atoms with Crippen molar-refractivity contribution in [1.29, 1.82) is 0 Å². The van der Waals surface area contributed by atoms with Crippen LogP contribution in [0.3, 0.4) is 0 Å². The van der Waals surface area contributed by atoms with E-state index in [9.17, 15) is 4.39 Å². The molecular weight excluding hydrogens is 517 g/mol. The highest BCUT2D eigenvalue weighted by atomic mass is 35.5. The molecule has 0 bridgehead atoms. The minimum atomic E-state index is -0.305. The summed E-state index contributed by atoms with van der Waals surface area (Å²) in [5, 5.41) is 4.65. The predicted octanol–water partition coefficient (Wildman–Crippen LogP) is 7.98. The molecule has 5 rings (SSSR count). The molecule has 1 aliphatic rings. The maximum absolute atomic E-state index is 13.4. The molecule has 0 saturated heterocycles. The number of hydrogen-bond acceptors (Lipinski definition) is 6. The van der Waals surface area contributed by atoms with Gasteiger partial charge in [0.1, 0.15) is 30.3 Å². The number of benzene rings is 3. The van der Waals surface area contributed by atoms with E-state index in [0.717, 1.165) is 38.9 Å². The monoisotopic (exact) mass is 543 g/mol. The summed E-state index contributed by atoms with van der Waals surface area (Å²) in [6.07, 6.45) is 8.29. The first kappa shape index (κ1) is 26.3. The van der Waals surface area contributed by atoms with Gasteiger partial charge in [0.25, 0.3) is 5.95 Å². The Labute approximate surface area is 231 Å². The average molecular weight is 544 g/mol. The molecule has 6 nitrogen and oxygen atoms in total. The maximum atomic E-state index is 13.4. The van der Waals surface area contributed by atoms with Crippen LogP contribution in [0.1, 0.15) is 24.5 Å². The topological polar surface area (TPSA) is 65.5 Å². The van der Waals surface area contributed by atoms with Gasteiger partial charge < -0.3 is 19.5 Å². The lowest BCUT2D eigenvalue weighted by atomic mass is 9.93. The summed E-state index contributed by atoms with van der Waals surface area (Å²) in [5.74, 6) is 1.39. The predicted molar refractivity (Wildman–Crippen MR) is 152 cm³/mol. The average Bonchev–Trinajstić information content (AvgIpc) is 2.95. The molecule has 1 N–H and O–H groups in total. The third kappa shape index (κ3) is 6.21. The molecule has 0 spiro atoms. The van der Waals surface area contributed by atoms with Crippen LogP contribution in [0.15, 0.2) is 96.7 Å². The summed E-state index contributed by atoms with van der Waals surface area (Å²) in [7, 11) is 1.62. The molecule has 0 amide bonds. The fraction of sp³-hybridized carbons (Fsp3) is 0.161. The number of fused-ring (bicyclic) bond motifs is 1. The van der Waals surface area contributed by atoms with Gasteiger partial charge in [0, 0.05) is 23.1 Å². The number of methoxy groups -OCH3 is 1. The Morgan fingerprint density at radius 3 is 2.77 bits per heavy atom. The van der Waals surface area contributed by atoms with Gasteiger partial charge in [0.05, 0.1) is 24.3 Å². The maximum Gasteiger partial charge on any atom is 0.282 e. The third-order valence-corrected chi connectivity index (χ3v) is 6.48. The molecule has 0 saturated carbocycles. The van der Waals surface area contributed by atoms with Gasteiger partial charge in [0.2, 0.25) is 0 Å². The van der Waals surface area contributed by atoms with Crippen LogP contribution >= 0.6 is 11.6 Å². The van der Waals surface area contributed by atoms with E-state index >= 15 is 0 Å². The van der Waals surface area contributed by atoms with Crippen LogP contribution < -0.4 is 10.1 Å². The number of hydrogen-bond donors (Lipinski definition) is 1. The molecule has 0 atom stereocenters. The van der Waals surface area contributed by atoms with E-state index < -0.39 is 0 Å². The molecule has 3 aromatic carbocycles. The molecule has 0 fully saturated rings. The van der Waals surface area contributed by atoms with Crippen LogP contribution in [0.25, 0.3) is 16.5 Å². The van der Waals surface area contributed by atoms with E-state index in [0.29, 0.717) is 35.6 Å². The van der Waals surface area contributed by atoms with E-state index in [1.807, 2.05) is 31.2 Å². The molecule has 39 heavy (non-hydrogen) atoms. The van der Waals surface area contributed by atoms with Crippen molar-refractivity contribution in [3.8, 4) is 5.75 Å². The highest BCUT2D eigenvalue weighted by Gasteiger charge is 2.15. The van der Waals surface area contributed by atoms with Gasteiger partial charge in [-0.15, -0.1) is 0 Å². The van der Waals surface area contributed by atoms with E-state index in [-0.39, 0.29) is 12.4 Å². The summed E-state index contributed by atoms with van der Waals surface area (Å²) in [5.41, 5.74) is 5.43. The lowest BCUT2D eigenvalue weighted by Crippen LogP contribution is -2.02. The van der Waals surface area contributed by atoms with Crippen molar-refractivity contribution < 1.29 is 18.6 Å². The number of aromatic nitrogens is 2. The Kier molecular flexibility index (Phi) is 8.08. The fourth-order valence-corrected chi connectivity index (χ4v) is 4.57. The summed E-state index contributed by atoms with van der Waals surface area (Å²) in [4.78, 5) is 8.93. The quantitative estimate of drug-likeness (QED) is 0.216. The highest BCUT2D eigenvalue weighted by molar-refractivity contribution is 6.32. The molecule has 1 aliphatic carbocycles. The second-order valence-electron chi connectivity index (χ2n) is 8.82. The molecule has 1 heterocycles. The van der Waals surface area contributed by atoms with Gasteiger partial charge in [-0.2, -0.15) is 0 Å². The molecule has 8 heteroatoms. The number of ether oxygens (including phenoxy) is 3. The van der Waals surface area contributed by atoms with Crippen molar-refractivity contribution in [1.82, 2.24) is 9.97 Å². The lowest BCUT2D eigenvalue weighted by Gasteiger charge is -2.17. The number of allylic oxidation sites excluding steroid dienone is 5. The third-order valence-electron chi connectivity index (χ3n) is 6.18. The van der Waals surface area contributed by atoms with Crippen LogP contribution in [0.5, 0.6) is 5.75 Å². The van der Waals surface area contributed by atoms with Crippen molar-refractivity contribution in [2.24, 2.45) is 0 Å². The second kappa shape index (κ2) is 12.0. The van der Waals surface area contributed by atoms with Crippen molar-refractivity contribution in [2.45, 2.75) is 20.0 Å². The number of nitrogens with zero attached hydrogens (tertiary/aromatic N) is 2. The van der Waals surface area contributed by atoms with Gasteiger partial charge in [0.15, 0.2) is 0 Å². The summed E-state index contributed by atoms with van der Waals surface area (Å²) in [6.45, 7) is 2.68. The fourth-order valence-electron chi connectivity index (χ4n) is 4.33. The summed E-state index contributed by atoms with van der Waals surface area (Å²) < 4.78 is 30.3. The zero-order chi connectivity index (χ0) is 27.2. The Morgan fingerprint density at radius 1 is 1.08 bits per heavy atom. The minimum absolute atomic E-state index is 0.210. The molecule has 0 unspecified atom stereocenters. The first-order valence-corrected chi connectivity index (χ1v) is 12.9. The van der Waals surface area contributed by atoms with Crippen LogP contribution in [0.4, 0.5) is 15.9 Å². The Hall–Kier alpha value is -4.36. The summed E-state index contributed by atoms with van der Waals surface area (Å²) >= 11 is 6.50. The Morgan fingerprint density at radius 2 is 1.97 bits per heavy atom. The molecule has 0 radical (unpaired) electrons. The number of halogens is 2. The largest absolute Gasteiger partial charge is 0.487 e. The Bertz CT molecular complexity index is 1600. The molecule has 4 aromatic rings. The van der Waals surface area contributed by atoms with Gasteiger partial charge in [-0.1, -0.05) is 48.0 Å². The molecule has 0 aliphatic heterocycles. The van der Waals surface area contributed by atoms with Gasteiger partial charge in [-0.05, 0) is 66.1 Å². The van der Waals surface area contributed by atoms with Gasteiger partial charge in [-0.3, -0.25) is 0 Å². The number of nitrogens with one attached hydrogen (secondary N) is 1. The number of rotatable bonds is 9. The molecular formula is C31H27ClFN3O3. The van der Waals surface area contributed by atoms with Crippen LogP contribution in [-0.4, -0.2) is 23.7 Å². The van der Waals surface area contributed by atoms with Gasteiger partial charge >= 0.3 is 0 Å². The van der Waals surface area contributed by atoms with E-state index in [4.69, 9.17) is 25.8 Å². The minimum Gasteiger partial charge on any atom is -0.487 e. The van der Waals surface area contributed by atoms with Crippen molar-refractivity contribution >= 4 is 39.6 Å². The van der Waals surface area contributed by atoms with Crippen molar-refractivity contribution in [3.05, 3.63) is 119 Å². The van der Waals surface area contributed by atoms with Crippen molar-refractivity contribution in [3.63, 3.8) is 0 Å². The standard InChI is InChI=1S/C31H27ClFN3O3/c1-3-38-31(37-2)23-8-5-7-21(15-23)22-10-12-28-26(16-22)30(35-19-34-28)36-25-11-13-29(27(32)17-25)39-18-20-6-4-9-24(33)14-20/h4-14,16-17,19H,3,15,18H2,1-2H3,(H,34,35,36)/b31-23+. The van der Waals surface area contributed by atoms with E-state index in [2.05, 4.69) is 33.5 Å². The van der Waals surface area contributed by atoms with E-state index in [1.165, 1.54) is 18.5 Å². The Balaban J connectivity index is 1.37. The second-order valence-corrected chi connectivity index (χ2v) is 9.23.